The molecule has 0 spiro atoms. The first-order valence-electron chi connectivity index (χ1n) is 14.6. The third-order valence-corrected chi connectivity index (χ3v) is 7.36. The number of non-ortho nitro benzene ring substituents is 1. The maximum absolute atomic E-state index is 12.3. The van der Waals surface area contributed by atoms with Gasteiger partial charge in [-0.25, -0.2) is 9.59 Å². The first-order valence-corrected chi connectivity index (χ1v) is 14.6. The van der Waals surface area contributed by atoms with Crippen molar-refractivity contribution in [3.8, 4) is 11.5 Å². The average molecular weight is 596 g/mol. The van der Waals surface area contributed by atoms with Gasteiger partial charge in [-0.3, -0.25) is 10.1 Å². The number of nitrogens with zero attached hydrogens (tertiary/aromatic N) is 1. The molecule has 1 aliphatic rings. The van der Waals surface area contributed by atoms with Crippen molar-refractivity contribution < 1.29 is 34.2 Å². The van der Waals surface area contributed by atoms with Gasteiger partial charge in [0.25, 0.3) is 5.69 Å². The monoisotopic (exact) mass is 595 g/mol. The van der Waals surface area contributed by atoms with Gasteiger partial charge in [0.05, 0.1) is 35.2 Å². The highest BCUT2D eigenvalue weighted by molar-refractivity contribution is 5.98. The number of rotatable bonds is 18. The van der Waals surface area contributed by atoms with Crippen LogP contribution in [0.25, 0.3) is 0 Å². The zero-order valence-electron chi connectivity index (χ0n) is 24.9. The predicted molar refractivity (Wildman–Crippen MR) is 162 cm³/mol. The molecule has 1 heterocycles. The molecule has 232 valence electrons. The summed E-state index contributed by atoms with van der Waals surface area (Å²) in [5.74, 6) is -2.84. The number of hydrogen-bond donors (Lipinski definition) is 4. The van der Waals surface area contributed by atoms with E-state index in [2.05, 4.69) is 17.6 Å². The summed E-state index contributed by atoms with van der Waals surface area (Å²) in [5.41, 5.74) is -0.0382. The van der Waals surface area contributed by atoms with Gasteiger partial charge in [0, 0.05) is 35.1 Å². The number of unbranched alkanes of at least 4 members (excludes halogenated alkanes) is 1. The van der Waals surface area contributed by atoms with E-state index in [1.54, 1.807) is 0 Å². The molecule has 3 rings (SSSR count). The van der Waals surface area contributed by atoms with Crippen LogP contribution in [0.3, 0.4) is 0 Å². The number of nitro benzene ring substituents is 1. The highest BCUT2D eigenvalue weighted by Gasteiger charge is 2.38. The Labute approximate surface area is 251 Å². The van der Waals surface area contributed by atoms with Crippen LogP contribution in [0.15, 0.2) is 71.1 Å². The Morgan fingerprint density at radius 1 is 0.953 bits per heavy atom. The summed E-state index contributed by atoms with van der Waals surface area (Å²) in [6, 6.07) is 13.9. The van der Waals surface area contributed by atoms with Crippen molar-refractivity contribution in [1.82, 2.24) is 10.6 Å². The molecule has 11 heteroatoms. The minimum atomic E-state index is -1.32. The largest absolute Gasteiger partial charge is 0.494 e. The van der Waals surface area contributed by atoms with E-state index in [0.717, 1.165) is 44.4 Å². The molecular weight excluding hydrogens is 554 g/mol. The van der Waals surface area contributed by atoms with E-state index in [4.69, 9.17) is 9.47 Å². The predicted octanol–water partition coefficient (Wildman–Crippen LogP) is 5.78. The van der Waals surface area contributed by atoms with E-state index < -0.39 is 22.8 Å². The number of ether oxygens (including phenoxy) is 2. The molecule has 11 nitrogen and oxygen atoms in total. The Balaban J connectivity index is 1.70. The third-order valence-electron chi connectivity index (χ3n) is 7.36. The Hall–Kier alpha value is -4.38. The number of allylic oxidation sites excluding steroid dienone is 2. The molecule has 1 unspecified atom stereocenters. The molecule has 0 bridgehead atoms. The van der Waals surface area contributed by atoms with Gasteiger partial charge in [0.15, 0.2) is 0 Å². The number of aliphatic carboxylic acids is 2. The highest BCUT2D eigenvalue weighted by Crippen LogP contribution is 2.43. The average Bonchev–Trinajstić information content (AvgIpc) is 2.97. The molecule has 2 aromatic rings. The second-order valence-electron chi connectivity index (χ2n) is 10.5. The quantitative estimate of drug-likeness (QED) is 0.0945. The molecule has 0 radical (unpaired) electrons. The molecule has 0 saturated heterocycles. The first kappa shape index (κ1) is 33.1. The smallest absolute Gasteiger partial charge is 0.334 e. The number of dihydropyridines is 1. The summed E-state index contributed by atoms with van der Waals surface area (Å²) < 4.78 is 11.8. The number of benzene rings is 2. The number of carbonyl (C=O) groups is 2. The summed E-state index contributed by atoms with van der Waals surface area (Å²) in [7, 11) is 0. The van der Waals surface area contributed by atoms with Crippen LogP contribution in [-0.4, -0.2) is 52.9 Å². The van der Waals surface area contributed by atoms with Crippen molar-refractivity contribution >= 4 is 17.6 Å². The number of carboxylic acids is 2. The Bertz CT molecular complexity index is 1300. The third kappa shape index (κ3) is 9.31. The van der Waals surface area contributed by atoms with Crippen LogP contribution < -0.4 is 20.1 Å². The number of nitro groups is 1. The Morgan fingerprint density at radius 2 is 1.58 bits per heavy atom. The van der Waals surface area contributed by atoms with Gasteiger partial charge < -0.3 is 30.3 Å². The van der Waals surface area contributed by atoms with Gasteiger partial charge >= 0.3 is 11.9 Å². The van der Waals surface area contributed by atoms with Crippen LogP contribution in [0, 0.1) is 10.1 Å². The second-order valence-corrected chi connectivity index (χ2v) is 10.5. The van der Waals surface area contributed by atoms with Gasteiger partial charge in [0.1, 0.15) is 11.5 Å². The zero-order valence-corrected chi connectivity index (χ0v) is 24.9. The maximum atomic E-state index is 12.3. The minimum absolute atomic E-state index is 0.128. The maximum Gasteiger partial charge on any atom is 0.334 e. The van der Waals surface area contributed by atoms with Crippen molar-refractivity contribution in [2.75, 3.05) is 19.8 Å². The molecule has 0 saturated carbocycles. The number of para-hydroxylation sites is 1. The summed E-state index contributed by atoms with van der Waals surface area (Å²) in [6.45, 7) is 6.90. The van der Waals surface area contributed by atoms with Crippen LogP contribution in [-0.2, 0) is 9.59 Å². The number of carboxylic acid groups (broad SMARTS) is 2. The lowest BCUT2D eigenvalue weighted by Gasteiger charge is -2.29. The van der Waals surface area contributed by atoms with E-state index in [1.807, 2.05) is 30.3 Å². The highest BCUT2D eigenvalue weighted by atomic mass is 16.6. The van der Waals surface area contributed by atoms with Crippen LogP contribution >= 0.6 is 0 Å². The second kappa shape index (κ2) is 16.3. The minimum Gasteiger partial charge on any atom is -0.494 e. The summed E-state index contributed by atoms with van der Waals surface area (Å²) in [5, 5.41) is 38.0. The van der Waals surface area contributed by atoms with E-state index in [0.29, 0.717) is 13.0 Å². The van der Waals surface area contributed by atoms with E-state index >= 15 is 0 Å². The standard InChI is InChI=1S/C32H41N3O8/c1-4-5-11-23(33-17-10-19-42-25-13-7-6-8-14-25)12-9-18-43-27-16-15-24(35(40)41)20-26(27)30-28(31(36)37)21(2)34-22(3)29(30)32(38)39/h6-8,13-16,20,23,30,33-34H,4-5,9-12,17-19H2,1-3H3,(H,36,37)(H,38,39). The zero-order chi connectivity index (χ0) is 31.4. The molecular formula is C32H41N3O8. The topological polar surface area (TPSA) is 160 Å². The molecule has 2 aromatic carbocycles. The summed E-state index contributed by atoms with van der Waals surface area (Å²) in [6.07, 6.45) is 5.51. The van der Waals surface area contributed by atoms with Gasteiger partial charge in [-0.2, -0.15) is 0 Å². The van der Waals surface area contributed by atoms with E-state index in [9.17, 15) is 29.9 Å². The van der Waals surface area contributed by atoms with Gasteiger partial charge in [-0.05, 0) is 64.3 Å². The fourth-order valence-corrected chi connectivity index (χ4v) is 5.27. The molecule has 0 amide bonds. The Morgan fingerprint density at radius 3 is 2.19 bits per heavy atom. The SMILES string of the molecule is CCCCC(CCCOc1ccc([N+](=O)[O-])cc1C1C(C(=O)O)=C(C)NC(C)=C1C(=O)O)NCCCOc1ccccc1. The molecule has 4 N–H and O–H groups in total. The lowest BCUT2D eigenvalue weighted by molar-refractivity contribution is -0.384. The van der Waals surface area contributed by atoms with Crippen LogP contribution in [0.5, 0.6) is 11.5 Å². The van der Waals surface area contributed by atoms with Crippen molar-refractivity contribution in [1.29, 1.82) is 0 Å². The molecule has 1 atom stereocenters. The number of hydrogen-bond acceptors (Lipinski definition) is 8. The molecule has 1 aliphatic heterocycles. The lowest BCUT2D eigenvalue weighted by Crippen LogP contribution is -2.31. The van der Waals surface area contributed by atoms with Crippen molar-refractivity contribution in [3.63, 3.8) is 0 Å². The van der Waals surface area contributed by atoms with Crippen LogP contribution in [0.2, 0.25) is 0 Å². The molecule has 0 aliphatic carbocycles. The van der Waals surface area contributed by atoms with Crippen LogP contribution in [0.1, 0.15) is 70.8 Å². The molecule has 0 aromatic heterocycles. The van der Waals surface area contributed by atoms with Crippen LogP contribution in [0.4, 0.5) is 5.69 Å². The molecule has 43 heavy (non-hydrogen) atoms. The van der Waals surface area contributed by atoms with Crippen molar-refractivity contribution in [3.05, 3.63) is 86.7 Å². The fourth-order valence-electron chi connectivity index (χ4n) is 5.27. The van der Waals surface area contributed by atoms with Gasteiger partial charge in [-0.1, -0.05) is 38.0 Å². The fraction of sp³-hybridized carbons (Fsp3) is 0.438. The normalized spacial score (nSPS) is 14.3. The summed E-state index contributed by atoms with van der Waals surface area (Å²) in [4.78, 5) is 35.6. The Kier molecular flexibility index (Phi) is 12.6. The number of nitrogens with one attached hydrogen (secondary N) is 2. The van der Waals surface area contributed by atoms with Gasteiger partial charge in [-0.15, -0.1) is 0 Å². The van der Waals surface area contributed by atoms with Crippen molar-refractivity contribution in [2.45, 2.75) is 71.3 Å². The molecule has 0 fully saturated rings. The van der Waals surface area contributed by atoms with E-state index in [-0.39, 0.29) is 52.2 Å². The first-order chi connectivity index (χ1) is 20.6. The summed E-state index contributed by atoms with van der Waals surface area (Å²) >= 11 is 0. The van der Waals surface area contributed by atoms with Gasteiger partial charge in [0.2, 0.25) is 0 Å². The lowest BCUT2D eigenvalue weighted by atomic mass is 9.80. The van der Waals surface area contributed by atoms with E-state index in [1.165, 1.54) is 32.0 Å². The van der Waals surface area contributed by atoms with Crippen molar-refractivity contribution in [2.24, 2.45) is 0 Å².